The summed E-state index contributed by atoms with van der Waals surface area (Å²) in [6.45, 7) is 1.58. The Balaban J connectivity index is 1.29. The van der Waals surface area contributed by atoms with Gasteiger partial charge in [0.25, 0.3) is 0 Å². The highest BCUT2D eigenvalue weighted by molar-refractivity contribution is 5.80. The highest BCUT2D eigenvalue weighted by Crippen LogP contribution is 2.44. The third kappa shape index (κ3) is 3.02. The van der Waals surface area contributed by atoms with Crippen LogP contribution in [0.1, 0.15) is 36.6 Å². The molecular formula is C22H24N4O. The van der Waals surface area contributed by atoms with Crippen LogP contribution in [0.4, 0.5) is 0 Å². The SMILES string of the molecule is O=C(NCc1cn2ccccc2n1)[C@H]1C[C@@H](c2ccccc2)N2CCC[C@H]12. The van der Waals surface area contributed by atoms with Gasteiger partial charge in [-0.3, -0.25) is 9.69 Å². The Morgan fingerprint density at radius 2 is 2.00 bits per heavy atom. The third-order valence-corrected chi connectivity index (χ3v) is 6.06. The van der Waals surface area contributed by atoms with Gasteiger partial charge in [-0.2, -0.15) is 0 Å². The quantitative estimate of drug-likeness (QED) is 0.777. The summed E-state index contributed by atoms with van der Waals surface area (Å²) in [6.07, 6.45) is 7.18. The molecule has 0 bridgehead atoms. The molecule has 5 heteroatoms. The number of benzene rings is 1. The lowest BCUT2D eigenvalue weighted by Crippen LogP contribution is -2.37. The topological polar surface area (TPSA) is 49.6 Å². The lowest BCUT2D eigenvalue weighted by atomic mass is 9.93. The molecule has 0 unspecified atom stereocenters. The summed E-state index contributed by atoms with van der Waals surface area (Å²) < 4.78 is 1.99. The van der Waals surface area contributed by atoms with Crippen molar-refractivity contribution in [1.82, 2.24) is 19.6 Å². The Kier molecular flexibility index (Phi) is 4.17. The van der Waals surface area contributed by atoms with Crippen LogP contribution in [0.25, 0.3) is 5.65 Å². The summed E-state index contributed by atoms with van der Waals surface area (Å²) in [5.41, 5.74) is 3.14. The Hall–Kier alpha value is -2.66. The molecule has 4 heterocycles. The fourth-order valence-electron chi connectivity index (χ4n) is 4.83. The molecule has 0 radical (unpaired) electrons. The number of amides is 1. The Labute approximate surface area is 159 Å². The molecule has 1 N–H and O–H groups in total. The molecule has 0 spiro atoms. The fraction of sp³-hybridized carbons (Fsp3) is 0.364. The first kappa shape index (κ1) is 16.5. The van der Waals surface area contributed by atoms with Gasteiger partial charge in [-0.25, -0.2) is 4.98 Å². The van der Waals surface area contributed by atoms with Crippen molar-refractivity contribution < 1.29 is 4.79 Å². The van der Waals surface area contributed by atoms with Crippen molar-refractivity contribution in [3.8, 4) is 0 Å². The molecule has 0 saturated carbocycles. The number of nitrogens with one attached hydrogen (secondary N) is 1. The van der Waals surface area contributed by atoms with E-state index in [0.717, 1.165) is 30.7 Å². The number of hydrogen-bond donors (Lipinski definition) is 1. The van der Waals surface area contributed by atoms with Gasteiger partial charge in [0.2, 0.25) is 5.91 Å². The predicted octanol–water partition coefficient (Wildman–Crippen LogP) is 3.18. The van der Waals surface area contributed by atoms with E-state index >= 15 is 0 Å². The van der Waals surface area contributed by atoms with Crippen molar-refractivity contribution >= 4 is 11.6 Å². The number of carbonyl (C=O) groups is 1. The molecule has 3 atom stereocenters. The fourth-order valence-corrected chi connectivity index (χ4v) is 4.83. The maximum atomic E-state index is 13.0. The molecule has 5 nitrogen and oxygen atoms in total. The second kappa shape index (κ2) is 6.82. The lowest BCUT2D eigenvalue weighted by molar-refractivity contribution is -0.125. The zero-order valence-electron chi connectivity index (χ0n) is 15.3. The minimum Gasteiger partial charge on any atom is -0.350 e. The molecule has 1 aromatic carbocycles. The minimum atomic E-state index is 0.0646. The molecule has 2 aliphatic rings. The number of aromatic nitrogens is 2. The van der Waals surface area contributed by atoms with Crippen LogP contribution in [-0.2, 0) is 11.3 Å². The summed E-state index contributed by atoms with van der Waals surface area (Å²) in [7, 11) is 0. The van der Waals surface area contributed by atoms with E-state index in [2.05, 4.69) is 45.5 Å². The highest BCUT2D eigenvalue weighted by atomic mass is 16.2. The molecule has 0 aliphatic carbocycles. The van der Waals surface area contributed by atoms with Crippen LogP contribution >= 0.6 is 0 Å². The summed E-state index contributed by atoms with van der Waals surface area (Å²) in [6, 6.07) is 17.3. The zero-order chi connectivity index (χ0) is 18.2. The number of pyridine rings is 1. The van der Waals surface area contributed by atoms with Crippen LogP contribution in [0.15, 0.2) is 60.9 Å². The van der Waals surface area contributed by atoms with Gasteiger partial charge in [0.05, 0.1) is 18.2 Å². The number of hydrogen-bond acceptors (Lipinski definition) is 3. The van der Waals surface area contributed by atoms with E-state index in [-0.39, 0.29) is 11.8 Å². The van der Waals surface area contributed by atoms with E-state index in [9.17, 15) is 4.79 Å². The maximum Gasteiger partial charge on any atom is 0.225 e. The monoisotopic (exact) mass is 360 g/mol. The van der Waals surface area contributed by atoms with E-state index in [1.807, 2.05) is 35.0 Å². The molecule has 2 saturated heterocycles. The normalized spacial score (nSPS) is 25.0. The second-order valence-corrected chi connectivity index (χ2v) is 7.63. The van der Waals surface area contributed by atoms with E-state index in [0.29, 0.717) is 18.6 Å². The van der Waals surface area contributed by atoms with Gasteiger partial charge in [0.15, 0.2) is 0 Å². The molecule has 2 aliphatic heterocycles. The first-order valence-corrected chi connectivity index (χ1v) is 9.80. The Morgan fingerprint density at radius 3 is 2.85 bits per heavy atom. The summed E-state index contributed by atoms with van der Waals surface area (Å²) >= 11 is 0. The first-order chi connectivity index (χ1) is 13.3. The van der Waals surface area contributed by atoms with Gasteiger partial charge in [0, 0.05) is 24.5 Å². The van der Waals surface area contributed by atoms with Crippen molar-refractivity contribution in [2.24, 2.45) is 5.92 Å². The van der Waals surface area contributed by atoms with Crippen LogP contribution in [0.5, 0.6) is 0 Å². The summed E-state index contributed by atoms with van der Waals surface area (Å²) in [5, 5.41) is 3.15. The molecule has 138 valence electrons. The zero-order valence-corrected chi connectivity index (χ0v) is 15.3. The van der Waals surface area contributed by atoms with Crippen molar-refractivity contribution in [3.05, 3.63) is 72.2 Å². The number of rotatable bonds is 4. The average Bonchev–Trinajstić information content (AvgIpc) is 3.41. The van der Waals surface area contributed by atoms with Crippen molar-refractivity contribution in [3.63, 3.8) is 0 Å². The van der Waals surface area contributed by atoms with Gasteiger partial charge in [-0.05, 0) is 43.5 Å². The third-order valence-electron chi connectivity index (χ3n) is 6.06. The molecule has 2 fully saturated rings. The standard InChI is InChI=1S/C22H24N4O/c27-22(23-14-17-15-25-11-5-4-10-21(25)24-17)18-13-20(16-7-2-1-3-8-16)26-12-6-9-19(18)26/h1-5,7-8,10-11,15,18-20H,6,9,12-14H2,(H,23,27)/t18-,19+,20-/m0/s1. The van der Waals surface area contributed by atoms with E-state index in [1.54, 1.807) is 0 Å². The van der Waals surface area contributed by atoms with Crippen LogP contribution in [-0.4, -0.2) is 32.8 Å². The van der Waals surface area contributed by atoms with Crippen LogP contribution < -0.4 is 5.32 Å². The van der Waals surface area contributed by atoms with Gasteiger partial charge in [0.1, 0.15) is 5.65 Å². The molecular weight excluding hydrogens is 336 g/mol. The smallest absolute Gasteiger partial charge is 0.225 e. The molecule has 2 aromatic heterocycles. The van der Waals surface area contributed by atoms with E-state index in [1.165, 1.54) is 12.0 Å². The Morgan fingerprint density at radius 1 is 1.15 bits per heavy atom. The van der Waals surface area contributed by atoms with E-state index in [4.69, 9.17) is 0 Å². The van der Waals surface area contributed by atoms with Gasteiger partial charge in [-0.1, -0.05) is 36.4 Å². The molecule has 1 amide bonds. The number of nitrogens with zero attached hydrogens (tertiary/aromatic N) is 3. The number of carbonyl (C=O) groups excluding carboxylic acids is 1. The largest absolute Gasteiger partial charge is 0.350 e. The number of fused-ring (bicyclic) bond motifs is 2. The minimum absolute atomic E-state index is 0.0646. The van der Waals surface area contributed by atoms with Gasteiger partial charge < -0.3 is 9.72 Å². The lowest BCUT2D eigenvalue weighted by Gasteiger charge is -2.24. The molecule has 27 heavy (non-hydrogen) atoms. The van der Waals surface area contributed by atoms with Gasteiger partial charge in [-0.15, -0.1) is 0 Å². The van der Waals surface area contributed by atoms with Crippen molar-refractivity contribution in [2.75, 3.05) is 6.54 Å². The summed E-state index contributed by atoms with van der Waals surface area (Å²) in [5.74, 6) is 0.233. The molecule has 5 rings (SSSR count). The highest BCUT2D eigenvalue weighted by Gasteiger charge is 2.46. The van der Waals surface area contributed by atoms with Crippen LogP contribution in [0.2, 0.25) is 0 Å². The number of imidazole rings is 1. The maximum absolute atomic E-state index is 13.0. The molecule has 3 aromatic rings. The van der Waals surface area contributed by atoms with E-state index < -0.39 is 0 Å². The average molecular weight is 360 g/mol. The summed E-state index contributed by atoms with van der Waals surface area (Å²) in [4.78, 5) is 20.1. The van der Waals surface area contributed by atoms with Crippen LogP contribution in [0, 0.1) is 5.92 Å². The van der Waals surface area contributed by atoms with Crippen LogP contribution in [0.3, 0.4) is 0 Å². The Bertz CT molecular complexity index is 918. The van der Waals surface area contributed by atoms with Crippen molar-refractivity contribution in [1.29, 1.82) is 0 Å². The predicted molar refractivity (Wildman–Crippen MR) is 104 cm³/mol. The van der Waals surface area contributed by atoms with Crippen molar-refractivity contribution in [2.45, 2.75) is 37.9 Å². The van der Waals surface area contributed by atoms with Gasteiger partial charge >= 0.3 is 0 Å². The first-order valence-electron chi connectivity index (χ1n) is 9.80. The second-order valence-electron chi connectivity index (χ2n) is 7.63.